The molecule has 1 saturated heterocycles. The van der Waals surface area contributed by atoms with Crippen LogP contribution < -0.4 is 10.6 Å². The highest BCUT2D eigenvalue weighted by atomic mass is 16.5. The Bertz CT molecular complexity index is 889. The maximum Gasteiger partial charge on any atom is 0.234 e. The summed E-state index contributed by atoms with van der Waals surface area (Å²) in [6, 6.07) is 18.9. The molecule has 10 heteroatoms. The van der Waals surface area contributed by atoms with Gasteiger partial charge in [-0.1, -0.05) is 60.7 Å². The average molecular weight is 557 g/mol. The molecule has 0 radical (unpaired) electrons. The number of hydrogen-bond donors (Lipinski definition) is 4. The maximum absolute atomic E-state index is 12.7. The van der Waals surface area contributed by atoms with E-state index >= 15 is 0 Å². The number of carbonyl (C=O) groups excluding carboxylic acids is 2. The minimum Gasteiger partial charge on any atom is -0.394 e. The molecule has 0 aromatic heterocycles. The van der Waals surface area contributed by atoms with Crippen LogP contribution in [0.3, 0.4) is 0 Å². The lowest BCUT2D eigenvalue weighted by Crippen LogP contribution is -2.47. The highest BCUT2D eigenvalue weighted by molar-refractivity contribution is 5.78. The van der Waals surface area contributed by atoms with Gasteiger partial charge in [0, 0.05) is 26.2 Å². The van der Waals surface area contributed by atoms with Crippen LogP contribution >= 0.6 is 0 Å². The smallest absolute Gasteiger partial charge is 0.234 e. The third-order valence-electron chi connectivity index (χ3n) is 6.76. The molecule has 2 amide bonds. The molecule has 2 aromatic carbocycles. The second-order valence-corrected chi connectivity index (χ2v) is 10.1. The van der Waals surface area contributed by atoms with Gasteiger partial charge in [0.05, 0.1) is 64.8 Å². The molecule has 40 heavy (non-hydrogen) atoms. The summed E-state index contributed by atoms with van der Waals surface area (Å²) in [4.78, 5) is 29.3. The first-order chi connectivity index (χ1) is 19.6. The molecule has 0 aliphatic carbocycles. The molecule has 4 N–H and O–H groups in total. The number of nitrogens with zero attached hydrogens (tertiary/aromatic N) is 2. The Kier molecular flexibility index (Phi) is 14.6. The lowest BCUT2D eigenvalue weighted by molar-refractivity contribution is -0.123. The van der Waals surface area contributed by atoms with E-state index in [1.165, 1.54) is 0 Å². The Morgan fingerprint density at radius 3 is 1.32 bits per heavy atom. The molecule has 220 valence electrons. The Balaban J connectivity index is 1.39. The fourth-order valence-corrected chi connectivity index (χ4v) is 4.59. The van der Waals surface area contributed by atoms with E-state index < -0.39 is 0 Å². The number of aliphatic hydroxyl groups is 2. The Morgan fingerprint density at radius 1 is 0.650 bits per heavy atom. The number of hydrogen-bond acceptors (Lipinski definition) is 8. The molecule has 1 fully saturated rings. The van der Waals surface area contributed by atoms with E-state index in [4.69, 9.17) is 9.47 Å². The quantitative estimate of drug-likeness (QED) is 0.290. The molecule has 2 aromatic rings. The largest absolute Gasteiger partial charge is 0.394 e. The molecule has 0 spiro atoms. The van der Waals surface area contributed by atoms with Crippen molar-refractivity contribution in [2.75, 3.05) is 78.9 Å². The fourth-order valence-electron chi connectivity index (χ4n) is 4.59. The molecule has 0 saturated carbocycles. The van der Waals surface area contributed by atoms with E-state index in [-0.39, 0.29) is 50.2 Å². The summed E-state index contributed by atoms with van der Waals surface area (Å²) >= 11 is 0. The monoisotopic (exact) mass is 556 g/mol. The van der Waals surface area contributed by atoms with Gasteiger partial charge in [-0.15, -0.1) is 0 Å². The molecule has 1 aliphatic heterocycles. The van der Waals surface area contributed by atoms with Crippen LogP contribution in [0.5, 0.6) is 0 Å². The molecular formula is C30H44N4O6. The zero-order chi connectivity index (χ0) is 28.4. The van der Waals surface area contributed by atoms with Crippen molar-refractivity contribution in [2.24, 2.45) is 0 Å². The van der Waals surface area contributed by atoms with Gasteiger partial charge in [0.1, 0.15) is 0 Å². The Labute approximate surface area is 237 Å². The van der Waals surface area contributed by atoms with E-state index in [2.05, 4.69) is 10.6 Å². The van der Waals surface area contributed by atoms with Crippen LogP contribution in [0, 0.1) is 0 Å². The topological polar surface area (TPSA) is 124 Å². The van der Waals surface area contributed by atoms with Gasteiger partial charge in [-0.2, -0.15) is 0 Å². The van der Waals surface area contributed by atoms with Crippen molar-refractivity contribution in [3.8, 4) is 0 Å². The minimum absolute atomic E-state index is 0.130. The SMILES string of the molecule is O=C(CN1CCOCCN(CC(=O)N[C@H](CO)Cc2ccccc2)CCOCC1)N[C@H](CO)Cc1ccccc1. The first-order valence-corrected chi connectivity index (χ1v) is 14.0. The summed E-state index contributed by atoms with van der Waals surface area (Å²) in [5.74, 6) is -0.291. The van der Waals surface area contributed by atoms with Gasteiger partial charge >= 0.3 is 0 Å². The minimum atomic E-state index is -0.343. The second-order valence-electron chi connectivity index (χ2n) is 10.1. The van der Waals surface area contributed by atoms with E-state index in [1.807, 2.05) is 70.5 Å². The zero-order valence-electron chi connectivity index (χ0n) is 23.2. The van der Waals surface area contributed by atoms with Crippen molar-refractivity contribution in [2.45, 2.75) is 24.9 Å². The molecular weight excluding hydrogens is 512 g/mol. The predicted molar refractivity (Wildman–Crippen MR) is 153 cm³/mol. The zero-order valence-corrected chi connectivity index (χ0v) is 23.2. The lowest BCUT2D eigenvalue weighted by Gasteiger charge is -2.26. The fraction of sp³-hybridized carbons (Fsp3) is 0.533. The summed E-state index contributed by atoms with van der Waals surface area (Å²) in [5.41, 5.74) is 2.11. The number of aliphatic hydroxyl groups excluding tert-OH is 2. The highest BCUT2D eigenvalue weighted by Gasteiger charge is 2.18. The summed E-state index contributed by atoms with van der Waals surface area (Å²) in [5, 5.41) is 25.3. The van der Waals surface area contributed by atoms with Crippen molar-refractivity contribution in [1.29, 1.82) is 0 Å². The summed E-state index contributed by atoms with van der Waals surface area (Å²) in [6.07, 6.45) is 1.13. The molecule has 3 rings (SSSR count). The average Bonchev–Trinajstić information content (AvgIpc) is 2.95. The third-order valence-corrected chi connectivity index (χ3v) is 6.76. The van der Waals surface area contributed by atoms with Crippen LogP contribution in [-0.2, 0) is 31.9 Å². The van der Waals surface area contributed by atoms with Crippen LogP contribution in [0.1, 0.15) is 11.1 Å². The van der Waals surface area contributed by atoms with Gasteiger partial charge in [-0.3, -0.25) is 19.4 Å². The van der Waals surface area contributed by atoms with E-state index in [0.29, 0.717) is 65.4 Å². The van der Waals surface area contributed by atoms with Crippen molar-refractivity contribution in [3.05, 3.63) is 71.8 Å². The maximum atomic E-state index is 12.7. The van der Waals surface area contributed by atoms with Crippen LogP contribution in [-0.4, -0.2) is 123 Å². The first kappa shape index (κ1) is 31.7. The number of rotatable bonds is 12. The Hall–Kier alpha value is -2.86. The Morgan fingerprint density at radius 2 is 1.00 bits per heavy atom. The molecule has 10 nitrogen and oxygen atoms in total. The van der Waals surface area contributed by atoms with Gasteiger partial charge in [-0.05, 0) is 24.0 Å². The standard InChI is InChI=1S/C30H44N4O6/c35-23-27(19-25-7-3-1-4-8-25)31-29(37)21-33-11-15-39-17-13-34(14-18-40-16-12-33)22-30(38)32-28(24-36)20-26-9-5-2-6-10-26/h1-10,27-28,35-36H,11-24H2,(H,31,37)(H,32,38)/t27-,28-/m0/s1. The summed E-state index contributed by atoms with van der Waals surface area (Å²) in [6.45, 7) is 4.19. The molecule has 1 aliphatic rings. The van der Waals surface area contributed by atoms with Crippen LogP contribution in [0.4, 0.5) is 0 Å². The molecule has 0 bridgehead atoms. The van der Waals surface area contributed by atoms with E-state index in [0.717, 1.165) is 11.1 Å². The molecule has 1 heterocycles. The number of amides is 2. The van der Waals surface area contributed by atoms with Crippen molar-refractivity contribution < 1.29 is 29.3 Å². The van der Waals surface area contributed by atoms with E-state index in [1.54, 1.807) is 0 Å². The van der Waals surface area contributed by atoms with Gasteiger partial charge < -0.3 is 30.3 Å². The van der Waals surface area contributed by atoms with Crippen molar-refractivity contribution >= 4 is 11.8 Å². The number of carbonyl (C=O) groups is 2. The predicted octanol–water partition coefficient (Wildman–Crippen LogP) is 0.0768. The van der Waals surface area contributed by atoms with Crippen molar-refractivity contribution in [3.63, 3.8) is 0 Å². The molecule has 0 unspecified atom stereocenters. The van der Waals surface area contributed by atoms with Crippen LogP contribution in [0.15, 0.2) is 60.7 Å². The number of nitrogens with one attached hydrogen (secondary N) is 2. The van der Waals surface area contributed by atoms with Crippen LogP contribution in [0.2, 0.25) is 0 Å². The number of benzene rings is 2. The van der Waals surface area contributed by atoms with E-state index in [9.17, 15) is 19.8 Å². The van der Waals surface area contributed by atoms with Gasteiger partial charge in [0.25, 0.3) is 0 Å². The first-order valence-electron chi connectivity index (χ1n) is 14.0. The summed E-state index contributed by atoms with van der Waals surface area (Å²) < 4.78 is 11.7. The second kappa shape index (κ2) is 18.5. The number of ether oxygens (including phenoxy) is 2. The lowest BCUT2D eigenvalue weighted by atomic mass is 10.1. The van der Waals surface area contributed by atoms with Gasteiger partial charge in [-0.25, -0.2) is 0 Å². The normalized spacial score (nSPS) is 17.6. The molecule has 2 atom stereocenters. The van der Waals surface area contributed by atoms with Gasteiger partial charge in [0.2, 0.25) is 11.8 Å². The van der Waals surface area contributed by atoms with Crippen LogP contribution in [0.25, 0.3) is 0 Å². The van der Waals surface area contributed by atoms with Gasteiger partial charge in [0.15, 0.2) is 0 Å². The highest BCUT2D eigenvalue weighted by Crippen LogP contribution is 2.05. The third kappa shape index (κ3) is 12.5. The van der Waals surface area contributed by atoms with Crippen molar-refractivity contribution in [1.82, 2.24) is 20.4 Å². The summed E-state index contributed by atoms with van der Waals surface area (Å²) in [7, 11) is 0.